The SMILES string of the molecule is COC(=O)C[C@H](N)C(=O)NC1CCCN(C(=O)CCC2CCN(C(=O)OCc3ccccc3)CC2)C1.Cl. The van der Waals surface area contributed by atoms with Gasteiger partial charge in [-0.1, -0.05) is 30.3 Å². The molecule has 1 aromatic carbocycles. The molecule has 0 aliphatic carbocycles. The number of nitrogens with one attached hydrogen (secondary N) is 1. The molecule has 10 nitrogen and oxygen atoms in total. The van der Waals surface area contributed by atoms with Crippen LogP contribution in [0.4, 0.5) is 4.79 Å². The van der Waals surface area contributed by atoms with Gasteiger partial charge in [0, 0.05) is 38.6 Å². The summed E-state index contributed by atoms with van der Waals surface area (Å²) in [5, 5.41) is 2.86. The molecule has 0 saturated carbocycles. The lowest BCUT2D eigenvalue weighted by Gasteiger charge is -2.34. The van der Waals surface area contributed by atoms with Gasteiger partial charge in [0.05, 0.1) is 19.6 Å². The first-order valence-corrected chi connectivity index (χ1v) is 12.7. The molecule has 2 heterocycles. The van der Waals surface area contributed by atoms with E-state index in [4.69, 9.17) is 10.5 Å². The summed E-state index contributed by atoms with van der Waals surface area (Å²) in [5.41, 5.74) is 6.74. The highest BCUT2D eigenvalue weighted by molar-refractivity contribution is 5.86. The Kier molecular flexibility index (Phi) is 12.7. The van der Waals surface area contributed by atoms with Gasteiger partial charge in [0.1, 0.15) is 6.61 Å². The first-order chi connectivity index (χ1) is 17.4. The topological polar surface area (TPSA) is 131 Å². The summed E-state index contributed by atoms with van der Waals surface area (Å²) < 4.78 is 9.98. The van der Waals surface area contributed by atoms with Crippen LogP contribution in [-0.4, -0.2) is 79.0 Å². The van der Waals surface area contributed by atoms with Crippen LogP contribution in [0.2, 0.25) is 0 Å². The summed E-state index contributed by atoms with van der Waals surface area (Å²) in [7, 11) is 1.25. The zero-order chi connectivity index (χ0) is 25.9. The van der Waals surface area contributed by atoms with Gasteiger partial charge in [-0.25, -0.2) is 4.79 Å². The van der Waals surface area contributed by atoms with Gasteiger partial charge in [-0.2, -0.15) is 0 Å². The Morgan fingerprint density at radius 3 is 2.43 bits per heavy atom. The maximum atomic E-state index is 12.8. The molecular weight excluding hydrogens is 500 g/mol. The van der Waals surface area contributed by atoms with Crippen LogP contribution in [0.15, 0.2) is 30.3 Å². The van der Waals surface area contributed by atoms with E-state index in [1.165, 1.54) is 7.11 Å². The van der Waals surface area contributed by atoms with Gasteiger partial charge in [-0.3, -0.25) is 14.4 Å². The Hall–Kier alpha value is -2.85. The molecule has 2 saturated heterocycles. The molecule has 37 heavy (non-hydrogen) atoms. The number of rotatable bonds is 9. The van der Waals surface area contributed by atoms with Gasteiger partial charge in [0.15, 0.2) is 0 Å². The Labute approximate surface area is 224 Å². The minimum Gasteiger partial charge on any atom is -0.469 e. The normalized spacial score (nSPS) is 18.8. The summed E-state index contributed by atoms with van der Waals surface area (Å²) in [6.45, 7) is 2.65. The van der Waals surface area contributed by atoms with Crippen LogP contribution in [0.5, 0.6) is 0 Å². The molecule has 206 valence electrons. The fraction of sp³-hybridized carbons (Fsp3) is 0.615. The van der Waals surface area contributed by atoms with Crippen LogP contribution < -0.4 is 11.1 Å². The highest BCUT2D eigenvalue weighted by Crippen LogP contribution is 2.23. The second-order valence-electron chi connectivity index (χ2n) is 9.58. The van der Waals surface area contributed by atoms with Crippen molar-refractivity contribution in [3.05, 3.63) is 35.9 Å². The number of carbonyl (C=O) groups excluding carboxylic acids is 4. The van der Waals surface area contributed by atoms with Crippen LogP contribution in [0.3, 0.4) is 0 Å². The van der Waals surface area contributed by atoms with Crippen molar-refractivity contribution in [2.75, 3.05) is 33.3 Å². The second-order valence-corrected chi connectivity index (χ2v) is 9.58. The zero-order valence-electron chi connectivity index (χ0n) is 21.4. The minimum atomic E-state index is -0.968. The van der Waals surface area contributed by atoms with Gasteiger partial charge in [0.2, 0.25) is 11.8 Å². The fourth-order valence-corrected chi connectivity index (χ4v) is 4.69. The average Bonchev–Trinajstić information content (AvgIpc) is 2.91. The first-order valence-electron chi connectivity index (χ1n) is 12.7. The number of ether oxygens (including phenoxy) is 2. The van der Waals surface area contributed by atoms with E-state index in [0.29, 0.717) is 38.5 Å². The van der Waals surface area contributed by atoms with E-state index in [0.717, 1.165) is 37.7 Å². The Morgan fingerprint density at radius 2 is 1.76 bits per heavy atom. The molecule has 2 atom stereocenters. The summed E-state index contributed by atoms with van der Waals surface area (Å²) in [6.07, 6.45) is 4.03. The summed E-state index contributed by atoms with van der Waals surface area (Å²) >= 11 is 0. The number of likely N-dealkylation sites (tertiary alicyclic amines) is 2. The van der Waals surface area contributed by atoms with E-state index >= 15 is 0 Å². The molecule has 0 aromatic heterocycles. The molecule has 2 aliphatic heterocycles. The lowest BCUT2D eigenvalue weighted by Crippen LogP contribution is -2.53. The summed E-state index contributed by atoms with van der Waals surface area (Å²) in [6, 6.07) is 8.46. The molecule has 2 fully saturated rings. The third kappa shape index (κ3) is 9.85. The van der Waals surface area contributed by atoms with Crippen LogP contribution in [0, 0.1) is 5.92 Å². The Balaban J connectivity index is 0.00000481. The number of hydrogen-bond donors (Lipinski definition) is 2. The highest BCUT2D eigenvalue weighted by atomic mass is 35.5. The molecule has 0 bridgehead atoms. The smallest absolute Gasteiger partial charge is 0.410 e. The van der Waals surface area contributed by atoms with Gasteiger partial charge in [-0.05, 0) is 43.6 Å². The van der Waals surface area contributed by atoms with Crippen LogP contribution >= 0.6 is 12.4 Å². The maximum Gasteiger partial charge on any atom is 0.410 e. The number of methoxy groups -OCH3 is 1. The number of nitrogens with two attached hydrogens (primary N) is 1. The molecule has 0 spiro atoms. The van der Waals surface area contributed by atoms with Crippen molar-refractivity contribution >= 4 is 36.3 Å². The summed E-state index contributed by atoms with van der Waals surface area (Å²) in [5.74, 6) is -0.469. The predicted molar refractivity (Wildman–Crippen MR) is 140 cm³/mol. The zero-order valence-corrected chi connectivity index (χ0v) is 22.3. The van der Waals surface area contributed by atoms with Crippen molar-refractivity contribution in [3.8, 4) is 0 Å². The standard InChI is InChI=1S/C26H38N4O6.ClH/c1-35-24(32)16-22(27)25(33)28-21-8-5-13-30(17-21)23(31)10-9-19-11-14-29(15-12-19)26(34)36-18-20-6-3-2-4-7-20;/h2-4,6-7,19,21-22H,5,8-18,27H2,1H3,(H,28,33);1H/t21?,22-;/m0./s1. The minimum absolute atomic E-state index is 0. The Morgan fingerprint density at radius 1 is 1.05 bits per heavy atom. The lowest BCUT2D eigenvalue weighted by molar-refractivity contribution is -0.142. The monoisotopic (exact) mass is 538 g/mol. The number of halogens is 1. The van der Waals surface area contributed by atoms with E-state index in [9.17, 15) is 19.2 Å². The van der Waals surface area contributed by atoms with Crippen molar-refractivity contribution in [2.45, 2.75) is 63.6 Å². The summed E-state index contributed by atoms with van der Waals surface area (Å²) in [4.78, 5) is 52.3. The molecule has 1 unspecified atom stereocenters. The second kappa shape index (κ2) is 15.4. The van der Waals surface area contributed by atoms with Crippen LogP contribution in [-0.2, 0) is 30.5 Å². The van der Waals surface area contributed by atoms with Crippen molar-refractivity contribution in [1.29, 1.82) is 0 Å². The molecule has 1 aromatic rings. The molecule has 3 amide bonds. The van der Waals surface area contributed by atoms with E-state index in [1.54, 1.807) is 9.80 Å². The number of hydrogen-bond acceptors (Lipinski definition) is 7. The van der Waals surface area contributed by atoms with E-state index in [1.807, 2.05) is 30.3 Å². The molecule has 0 radical (unpaired) electrons. The highest BCUT2D eigenvalue weighted by Gasteiger charge is 2.28. The predicted octanol–water partition coefficient (Wildman–Crippen LogP) is 2.23. The number of benzene rings is 1. The number of esters is 1. The van der Waals surface area contributed by atoms with Crippen LogP contribution in [0.1, 0.15) is 50.5 Å². The van der Waals surface area contributed by atoms with E-state index in [2.05, 4.69) is 10.1 Å². The van der Waals surface area contributed by atoms with Gasteiger partial charge < -0.3 is 30.3 Å². The lowest BCUT2D eigenvalue weighted by atomic mass is 9.92. The van der Waals surface area contributed by atoms with E-state index < -0.39 is 17.9 Å². The van der Waals surface area contributed by atoms with Crippen LogP contribution in [0.25, 0.3) is 0 Å². The molecule has 3 rings (SSSR count). The van der Waals surface area contributed by atoms with Gasteiger partial charge in [-0.15, -0.1) is 12.4 Å². The molecule has 11 heteroatoms. The third-order valence-corrected chi connectivity index (χ3v) is 6.92. The first kappa shape index (κ1) is 30.4. The molecule has 2 aliphatic rings. The maximum absolute atomic E-state index is 12.8. The molecular formula is C26H39ClN4O6. The fourth-order valence-electron chi connectivity index (χ4n) is 4.69. The van der Waals surface area contributed by atoms with Crippen molar-refractivity contribution in [2.24, 2.45) is 11.7 Å². The van der Waals surface area contributed by atoms with E-state index in [-0.39, 0.29) is 43.5 Å². The molecule has 3 N–H and O–H groups in total. The number of carbonyl (C=O) groups is 4. The number of nitrogens with zero attached hydrogens (tertiary/aromatic N) is 2. The van der Waals surface area contributed by atoms with Crippen molar-refractivity contribution < 1.29 is 28.7 Å². The average molecular weight is 539 g/mol. The van der Waals surface area contributed by atoms with Gasteiger partial charge >= 0.3 is 12.1 Å². The van der Waals surface area contributed by atoms with Crippen molar-refractivity contribution in [3.63, 3.8) is 0 Å². The number of piperidine rings is 2. The third-order valence-electron chi connectivity index (χ3n) is 6.92. The Bertz CT molecular complexity index is 894. The van der Waals surface area contributed by atoms with Gasteiger partial charge in [0.25, 0.3) is 0 Å². The largest absolute Gasteiger partial charge is 0.469 e. The van der Waals surface area contributed by atoms with Crippen molar-refractivity contribution in [1.82, 2.24) is 15.1 Å². The quantitative estimate of drug-likeness (QED) is 0.461. The number of amides is 3.